The molecule has 0 bridgehead atoms. The second-order valence-electron chi connectivity index (χ2n) is 11.7. The first-order valence-corrected chi connectivity index (χ1v) is 15.4. The summed E-state index contributed by atoms with van der Waals surface area (Å²) in [6.07, 6.45) is 9.21. The predicted octanol–water partition coefficient (Wildman–Crippen LogP) is 7.74. The van der Waals surface area contributed by atoms with Crippen molar-refractivity contribution >= 4 is 51.3 Å². The number of carbonyl (C=O) groups is 4. The van der Waals surface area contributed by atoms with Crippen LogP contribution in [0.25, 0.3) is 16.3 Å². The fourth-order valence-corrected chi connectivity index (χ4v) is 6.47. The van der Waals surface area contributed by atoms with Gasteiger partial charge in [0.2, 0.25) is 0 Å². The number of rotatable bonds is 9. The summed E-state index contributed by atoms with van der Waals surface area (Å²) in [7, 11) is 0. The maximum Gasteiger partial charge on any atom is 0.265 e. The van der Waals surface area contributed by atoms with Crippen LogP contribution in [0.1, 0.15) is 85.7 Å². The van der Waals surface area contributed by atoms with Crippen LogP contribution >= 0.6 is 0 Å². The highest BCUT2D eigenvalue weighted by molar-refractivity contribution is 6.42. The standard InChI is InChI=1S/C38H32N2O5/c1-3-23(4-2)21-45-22-24-8-7-11-28(20-24)40-37(43)31-18-16-29-33-30(17-19-32(34(31)33)38(40)44)36(42)39(35(29)41)27-14-12-26(13-15-27)25-9-5-6-10-25/h5,7-20,23H,3-4,6,21-22H2,1-2H3. The Balaban J connectivity index is 1.22. The van der Waals surface area contributed by atoms with Crippen LogP contribution in [0.4, 0.5) is 11.4 Å². The SMILES string of the molecule is CCC(CC)COCc1cccc(N2C(=O)c3ccc4c5c(ccc(c35)C2=O)C(=O)N(c2ccc(C3=CCC=C3)cc2)C4=O)c1. The van der Waals surface area contributed by atoms with Crippen LogP contribution in [-0.2, 0) is 11.3 Å². The quantitative estimate of drug-likeness (QED) is 0.185. The highest BCUT2D eigenvalue weighted by atomic mass is 16.5. The first-order chi connectivity index (χ1) is 21.9. The lowest BCUT2D eigenvalue weighted by Crippen LogP contribution is -2.43. The molecule has 7 rings (SSSR count). The van der Waals surface area contributed by atoms with Crippen molar-refractivity contribution in [3.05, 3.63) is 124 Å². The first kappa shape index (κ1) is 28.6. The monoisotopic (exact) mass is 596 g/mol. The summed E-state index contributed by atoms with van der Waals surface area (Å²) in [6, 6.07) is 20.9. The van der Waals surface area contributed by atoms with Gasteiger partial charge in [0.1, 0.15) is 0 Å². The first-order valence-electron chi connectivity index (χ1n) is 15.4. The van der Waals surface area contributed by atoms with Gasteiger partial charge in [-0.15, -0.1) is 0 Å². The predicted molar refractivity (Wildman–Crippen MR) is 175 cm³/mol. The summed E-state index contributed by atoms with van der Waals surface area (Å²) in [5, 5.41) is 0.691. The Morgan fingerprint density at radius 3 is 1.76 bits per heavy atom. The van der Waals surface area contributed by atoms with E-state index in [1.54, 1.807) is 54.6 Å². The molecule has 0 radical (unpaired) electrons. The Kier molecular flexibility index (Phi) is 7.26. The number of hydrogen-bond donors (Lipinski definition) is 0. The van der Waals surface area contributed by atoms with Gasteiger partial charge in [0.05, 0.1) is 18.0 Å². The number of anilines is 2. The number of nitrogens with zero attached hydrogens (tertiary/aromatic N) is 2. The lowest BCUT2D eigenvalue weighted by Gasteiger charge is -2.32. The highest BCUT2D eigenvalue weighted by Gasteiger charge is 2.40. The van der Waals surface area contributed by atoms with Gasteiger partial charge in [0, 0.05) is 39.6 Å². The fraction of sp³-hybridized carbons (Fsp3) is 0.211. The third-order valence-electron chi connectivity index (χ3n) is 9.07. The van der Waals surface area contributed by atoms with Crippen LogP contribution < -0.4 is 9.80 Å². The van der Waals surface area contributed by atoms with Crippen molar-refractivity contribution in [3.8, 4) is 0 Å². The number of hydrogen-bond acceptors (Lipinski definition) is 5. The Labute approximate surface area is 261 Å². The molecule has 2 aliphatic heterocycles. The second-order valence-corrected chi connectivity index (χ2v) is 11.7. The minimum absolute atomic E-state index is 0.275. The maximum absolute atomic E-state index is 13.9. The molecule has 224 valence electrons. The molecule has 0 unspecified atom stereocenters. The number of benzene rings is 4. The van der Waals surface area contributed by atoms with Gasteiger partial charge in [-0.2, -0.15) is 0 Å². The van der Waals surface area contributed by atoms with Crippen LogP contribution in [-0.4, -0.2) is 30.2 Å². The molecule has 7 heteroatoms. The Morgan fingerprint density at radius 2 is 1.24 bits per heavy atom. The zero-order chi connectivity index (χ0) is 31.2. The van der Waals surface area contributed by atoms with Gasteiger partial charge >= 0.3 is 0 Å². The summed E-state index contributed by atoms with van der Waals surface area (Å²) in [4.78, 5) is 57.8. The van der Waals surface area contributed by atoms with E-state index in [4.69, 9.17) is 4.74 Å². The average molecular weight is 597 g/mol. The normalized spacial score (nSPS) is 15.6. The lowest BCUT2D eigenvalue weighted by molar-refractivity contribution is 0.0841. The van der Waals surface area contributed by atoms with Crippen LogP contribution in [0.5, 0.6) is 0 Å². The molecule has 1 aliphatic carbocycles. The summed E-state index contributed by atoms with van der Waals surface area (Å²) >= 11 is 0. The number of amides is 4. The van der Waals surface area contributed by atoms with Gasteiger partial charge in [-0.25, -0.2) is 9.80 Å². The maximum atomic E-state index is 13.9. The molecule has 4 amide bonds. The molecule has 0 aromatic heterocycles. The fourth-order valence-electron chi connectivity index (χ4n) is 6.47. The second kappa shape index (κ2) is 11.4. The molecule has 7 nitrogen and oxygen atoms in total. The number of carbonyl (C=O) groups excluding carboxylic acids is 4. The lowest BCUT2D eigenvalue weighted by atomic mass is 9.85. The summed E-state index contributed by atoms with van der Waals surface area (Å²) < 4.78 is 5.94. The molecule has 0 fully saturated rings. The Morgan fingerprint density at radius 1 is 0.689 bits per heavy atom. The van der Waals surface area contributed by atoms with Crippen LogP contribution in [0.2, 0.25) is 0 Å². The van der Waals surface area contributed by atoms with E-state index in [-0.39, 0.29) is 22.3 Å². The van der Waals surface area contributed by atoms with Gasteiger partial charge in [-0.05, 0) is 77.6 Å². The molecule has 3 aliphatic rings. The highest BCUT2D eigenvalue weighted by Crippen LogP contribution is 2.40. The van der Waals surface area contributed by atoms with Crippen molar-refractivity contribution in [1.29, 1.82) is 0 Å². The molecule has 4 aromatic carbocycles. The van der Waals surface area contributed by atoms with Gasteiger partial charge in [0.15, 0.2) is 0 Å². The van der Waals surface area contributed by atoms with Crippen molar-refractivity contribution in [3.63, 3.8) is 0 Å². The van der Waals surface area contributed by atoms with Crippen molar-refractivity contribution < 1.29 is 23.9 Å². The summed E-state index contributed by atoms with van der Waals surface area (Å²) in [5.74, 6) is -1.50. The Bertz CT molecular complexity index is 1900. The van der Waals surface area contributed by atoms with E-state index in [9.17, 15) is 19.2 Å². The van der Waals surface area contributed by atoms with Crippen LogP contribution in [0, 0.1) is 5.92 Å². The van der Waals surface area contributed by atoms with E-state index < -0.39 is 23.6 Å². The molecule has 45 heavy (non-hydrogen) atoms. The molecule has 4 aromatic rings. The van der Waals surface area contributed by atoms with Crippen molar-refractivity contribution in [1.82, 2.24) is 0 Å². The molecule has 0 atom stereocenters. The molecular weight excluding hydrogens is 564 g/mol. The van der Waals surface area contributed by atoms with Gasteiger partial charge in [0.25, 0.3) is 23.6 Å². The topological polar surface area (TPSA) is 84.0 Å². The van der Waals surface area contributed by atoms with Crippen molar-refractivity contribution in [2.24, 2.45) is 5.92 Å². The number of allylic oxidation sites excluding steroid dienone is 4. The van der Waals surface area contributed by atoms with E-state index in [0.717, 1.165) is 40.9 Å². The summed E-state index contributed by atoms with van der Waals surface area (Å²) in [5.41, 5.74) is 4.97. The number of ether oxygens (including phenoxy) is 1. The largest absolute Gasteiger partial charge is 0.376 e. The zero-order valence-electron chi connectivity index (χ0n) is 25.2. The molecule has 0 saturated carbocycles. The smallest absolute Gasteiger partial charge is 0.265 e. The molecule has 0 N–H and O–H groups in total. The molecule has 0 spiro atoms. The molecule has 0 saturated heterocycles. The van der Waals surface area contributed by atoms with Crippen LogP contribution in [0.3, 0.4) is 0 Å². The third-order valence-corrected chi connectivity index (χ3v) is 9.07. The van der Waals surface area contributed by atoms with E-state index in [0.29, 0.717) is 41.3 Å². The van der Waals surface area contributed by atoms with Crippen molar-refractivity contribution in [2.45, 2.75) is 39.7 Å². The molecule has 2 heterocycles. The minimum Gasteiger partial charge on any atom is -0.376 e. The third kappa shape index (κ3) is 4.71. The van der Waals surface area contributed by atoms with Gasteiger partial charge in [-0.1, -0.05) is 69.2 Å². The Hall–Kier alpha value is -5.14. The van der Waals surface area contributed by atoms with Crippen molar-refractivity contribution in [2.75, 3.05) is 16.4 Å². The van der Waals surface area contributed by atoms with E-state index in [1.165, 1.54) is 4.90 Å². The molecular formula is C38H32N2O5. The number of imide groups is 2. The van der Waals surface area contributed by atoms with Crippen LogP contribution in [0.15, 0.2) is 91.0 Å². The van der Waals surface area contributed by atoms with Gasteiger partial charge < -0.3 is 4.74 Å². The van der Waals surface area contributed by atoms with E-state index in [1.807, 2.05) is 24.3 Å². The summed E-state index contributed by atoms with van der Waals surface area (Å²) in [6.45, 7) is 5.31. The van der Waals surface area contributed by atoms with E-state index >= 15 is 0 Å². The zero-order valence-corrected chi connectivity index (χ0v) is 25.2. The van der Waals surface area contributed by atoms with Gasteiger partial charge in [-0.3, -0.25) is 19.2 Å². The minimum atomic E-state index is -0.500. The average Bonchev–Trinajstić information content (AvgIpc) is 3.61. The van der Waals surface area contributed by atoms with E-state index in [2.05, 4.69) is 26.0 Å².